The predicted octanol–water partition coefficient (Wildman–Crippen LogP) is 1.30. The maximum atomic E-state index is 5.65. The molecule has 2 aliphatic rings. The van der Waals surface area contributed by atoms with Crippen LogP contribution in [-0.4, -0.2) is 51.6 Å². The van der Waals surface area contributed by atoms with Gasteiger partial charge >= 0.3 is 0 Å². The van der Waals surface area contributed by atoms with Crippen LogP contribution in [0.3, 0.4) is 0 Å². The van der Waals surface area contributed by atoms with Crippen LogP contribution >= 0.6 is 0 Å². The van der Waals surface area contributed by atoms with Crippen LogP contribution in [0.5, 0.6) is 0 Å². The van der Waals surface area contributed by atoms with Crippen molar-refractivity contribution in [2.45, 2.75) is 50.7 Å². The number of hydrogen-bond donors (Lipinski definition) is 2. The number of ether oxygens (including phenoxy) is 2. The maximum Gasteiger partial charge on any atom is 0.0809 e. The fraction of sp³-hybridized carbons (Fsp3) is 1.00. The Morgan fingerprint density at radius 1 is 1.17 bits per heavy atom. The summed E-state index contributed by atoms with van der Waals surface area (Å²) in [5.74, 6) is 0. The fourth-order valence-corrected chi connectivity index (χ4v) is 2.69. The summed E-state index contributed by atoms with van der Waals surface area (Å²) in [6.07, 6.45) is 7.72. The zero-order valence-electron chi connectivity index (χ0n) is 11.5. The Bertz CT molecular complexity index is 200. The second kappa shape index (κ2) is 8.86. The van der Waals surface area contributed by atoms with Crippen LogP contribution in [0.15, 0.2) is 0 Å². The topological polar surface area (TPSA) is 42.5 Å². The third-order valence-corrected chi connectivity index (χ3v) is 3.80. The molecule has 2 atom stereocenters. The first-order chi connectivity index (χ1) is 8.95. The highest BCUT2D eigenvalue weighted by atomic mass is 16.5. The van der Waals surface area contributed by atoms with Gasteiger partial charge in [-0.1, -0.05) is 0 Å². The van der Waals surface area contributed by atoms with Crippen LogP contribution in [0.25, 0.3) is 0 Å². The highest BCUT2D eigenvalue weighted by Crippen LogP contribution is 2.11. The summed E-state index contributed by atoms with van der Waals surface area (Å²) in [6.45, 7) is 5.99. The summed E-state index contributed by atoms with van der Waals surface area (Å²) in [6, 6.07) is 0.707. The van der Waals surface area contributed by atoms with E-state index in [0.29, 0.717) is 12.1 Å². The van der Waals surface area contributed by atoms with E-state index in [9.17, 15) is 0 Å². The summed E-state index contributed by atoms with van der Waals surface area (Å²) in [7, 11) is 0. The molecule has 0 spiro atoms. The fourth-order valence-electron chi connectivity index (χ4n) is 2.69. The highest BCUT2D eigenvalue weighted by molar-refractivity contribution is 4.72. The van der Waals surface area contributed by atoms with Crippen LogP contribution in [0.1, 0.15) is 38.5 Å². The zero-order chi connectivity index (χ0) is 12.5. The molecule has 0 aromatic rings. The van der Waals surface area contributed by atoms with E-state index < -0.39 is 0 Å². The van der Waals surface area contributed by atoms with E-state index in [4.69, 9.17) is 9.47 Å². The quantitative estimate of drug-likeness (QED) is 0.674. The van der Waals surface area contributed by atoms with E-state index in [0.717, 1.165) is 39.3 Å². The molecular formula is C14H28N2O2. The number of rotatable bonds is 7. The van der Waals surface area contributed by atoms with Gasteiger partial charge in [-0.3, -0.25) is 0 Å². The first-order valence-corrected chi connectivity index (χ1v) is 7.58. The Labute approximate surface area is 111 Å². The van der Waals surface area contributed by atoms with E-state index in [1.165, 1.54) is 38.6 Å². The predicted molar refractivity (Wildman–Crippen MR) is 72.9 cm³/mol. The Morgan fingerprint density at radius 2 is 2.17 bits per heavy atom. The van der Waals surface area contributed by atoms with Gasteiger partial charge in [-0.15, -0.1) is 0 Å². The molecule has 2 unspecified atom stereocenters. The van der Waals surface area contributed by atoms with Gasteiger partial charge in [0.05, 0.1) is 12.7 Å². The molecule has 0 saturated carbocycles. The highest BCUT2D eigenvalue weighted by Gasteiger charge is 2.15. The van der Waals surface area contributed by atoms with E-state index >= 15 is 0 Å². The molecule has 0 amide bonds. The molecule has 2 saturated heterocycles. The van der Waals surface area contributed by atoms with Crippen LogP contribution in [0.2, 0.25) is 0 Å². The molecule has 0 aromatic heterocycles. The second-order valence-electron chi connectivity index (χ2n) is 5.40. The van der Waals surface area contributed by atoms with Gasteiger partial charge in [0, 0.05) is 19.3 Å². The van der Waals surface area contributed by atoms with Crippen molar-refractivity contribution >= 4 is 0 Å². The third-order valence-electron chi connectivity index (χ3n) is 3.80. The minimum Gasteiger partial charge on any atom is -0.379 e. The molecule has 4 nitrogen and oxygen atoms in total. The van der Waals surface area contributed by atoms with Gasteiger partial charge in [0.1, 0.15) is 0 Å². The Morgan fingerprint density at radius 3 is 3.06 bits per heavy atom. The summed E-state index contributed by atoms with van der Waals surface area (Å²) in [5, 5.41) is 7.08. The molecule has 2 heterocycles. The lowest BCUT2D eigenvalue weighted by Crippen LogP contribution is -2.31. The monoisotopic (exact) mass is 256 g/mol. The second-order valence-corrected chi connectivity index (χ2v) is 5.40. The van der Waals surface area contributed by atoms with Crippen LogP contribution in [0.4, 0.5) is 0 Å². The maximum absolute atomic E-state index is 5.65. The molecule has 2 N–H and O–H groups in total. The van der Waals surface area contributed by atoms with Crippen molar-refractivity contribution in [1.29, 1.82) is 0 Å². The SMILES string of the molecule is C(CNC1CCCNCC1)COCC1CCCO1. The van der Waals surface area contributed by atoms with Gasteiger partial charge in [0.2, 0.25) is 0 Å². The molecule has 2 aliphatic heterocycles. The van der Waals surface area contributed by atoms with Crippen LogP contribution in [-0.2, 0) is 9.47 Å². The normalized spacial score (nSPS) is 29.3. The largest absolute Gasteiger partial charge is 0.379 e. The molecule has 2 rings (SSSR count). The van der Waals surface area contributed by atoms with Gasteiger partial charge in [0.15, 0.2) is 0 Å². The Kier molecular flexibility index (Phi) is 7.01. The van der Waals surface area contributed by atoms with Crippen molar-refractivity contribution in [3.05, 3.63) is 0 Å². The van der Waals surface area contributed by atoms with Gasteiger partial charge in [0.25, 0.3) is 0 Å². The van der Waals surface area contributed by atoms with Crippen LogP contribution < -0.4 is 10.6 Å². The van der Waals surface area contributed by atoms with Crippen molar-refractivity contribution in [3.8, 4) is 0 Å². The third kappa shape index (κ3) is 5.65. The van der Waals surface area contributed by atoms with Gasteiger partial charge in [-0.2, -0.15) is 0 Å². The number of nitrogens with one attached hydrogen (secondary N) is 2. The lowest BCUT2D eigenvalue weighted by molar-refractivity contribution is 0.0165. The molecule has 0 aliphatic carbocycles. The van der Waals surface area contributed by atoms with Crippen molar-refractivity contribution in [2.75, 3.05) is 39.5 Å². The van der Waals surface area contributed by atoms with Gasteiger partial charge < -0.3 is 20.1 Å². The molecule has 4 heteroatoms. The van der Waals surface area contributed by atoms with E-state index in [1.807, 2.05) is 0 Å². The smallest absolute Gasteiger partial charge is 0.0809 e. The van der Waals surface area contributed by atoms with Crippen molar-refractivity contribution in [2.24, 2.45) is 0 Å². The van der Waals surface area contributed by atoms with E-state index in [2.05, 4.69) is 10.6 Å². The molecule has 106 valence electrons. The van der Waals surface area contributed by atoms with E-state index in [-0.39, 0.29) is 0 Å². The average Bonchev–Trinajstić information content (AvgIpc) is 2.76. The minimum atomic E-state index is 0.367. The molecule has 0 aromatic carbocycles. The molecular weight excluding hydrogens is 228 g/mol. The molecule has 2 fully saturated rings. The Balaban J connectivity index is 1.40. The lowest BCUT2D eigenvalue weighted by atomic mass is 10.1. The molecule has 0 radical (unpaired) electrons. The molecule has 0 bridgehead atoms. The minimum absolute atomic E-state index is 0.367. The van der Waals surface area contributed by atoms with Gasteiger partial charge in [-0.25, -0.2) is 0 Å². The Hall–Kier alpha value is -0.160. The van der Waals surface area contributed by atoms with Gasteiger partial charge in [-0.05, 0) is 58.2 Å². The lowest BCUT2D eigenvalue weighted by Gasteiger charge is -2.16. The first-order valence-electron chi connectivity index (χ1n) is 7.58. The number of hydrogen-bond acceptors (Lipinski definition) is 4. The van der Waals surface area contributed by atoms with Crippen molar-refractivity contribution in [1.82, 2.24) is 10.6 Å². The molecule has 18 heavy (non-hydrogen) atoms. The first kappa shape index (κ1) is 14.3. The van der Waals surface area contributed by atoms with E-state index in [1.54, 1.807) is 0 Å². The zero-order valence-corrected chi connectivity index (χ0v) is 11.5. The standard InChI is InChI=1S/C14H28N2O2/c1-4-13(6-9-15-7-1)16-8-3-10-17-12-14-5-2-11-18-14/h13-16H,1-12H2. The summed E-state index contributed by atoms with van der Waals surface area (Å²) < 4.78 is 11.2. The van der Waals surface area contributed by atoms with Crippen molar-refractivity contribution < 1.29 is 9.47 Å². The summed E-state index contributed by atoms with van der Waals surface area (Å²) in [4.78, 5) is 0. The summed E-state index contributed by atoms with van der Waals surface area (Å²) in [5.41, 5.74) is 0. The van der Waals surface area contributed by atoms with Crippen LogP contribution in [0, 0.1) is 0 Å². The summed E-state index contributed by atoms with van der Waals surface area (Å²) >= 11 is 0. The van der Waals surface area contributed by atoms with Crippen molar-refractivity contribution in [3.63, 3.8) is 0 Å². The average molecular weight is 256 g/mol.